The maximum absolute atomic E-state index is 12.8. The van der Waals surface area contributed by atoms with Crippen LogP contribution < -0.4 is 9.64 Å². The van der Waals surface area contributed by atoms with Gasteiger partial charge in [0.2, 0.25) is 0 Å². The molecule has 1 aromatic carbocycles. The van der Waals surface area contributed by atoms with E-state index in [4.69, 9.17) is 4.74 Å². The molecule has 0 unspecified atom stereocenters. The van der Waals surface area contributed by atoms with Gasteiger partial charge in [0.1, 0.15) is 11.6 Å². The second-order valence-corrected chi connectivity index (χ2v) is 7.16. The van der Waals surface area contributed by atoms with Gasteiger partial charge in [0, 0.05) is 57.2 Å². The fourth-order valence-electron chi connectivity index (χ4n) is 3.95. The lowest BCUT2D eigenvalue weighted by Gasteiger charge is -2.39. The van der Waals surface area contributed by atoms with Crippen molar-refractivity contribution in [3.8, 4) is 5.75 Å². The van der Waals surface area contributed by atoms with Crippen LogP contribution in [-0.4, -0.2) is 89.3 Å². The van der Waals surface area contributed by atoms with Crippen molar-refractivity contribution in [2.45, 2.75) is 12.1 Å². The largest absolute Gasteiger partial charge is 0.497 e. The summed E-state index contributed by atoms with van der Waals surface area (Å²) in [7, 11) is 1.60. The molecule has 0 spiro atoms. The van der Waals surface area contributed by atoms with E-state index in [0.29, 0.717) is 18.7 Å². The third-order valence-electron chi connectivity index (χ3n) is 5.54. The lowest BCUT2D eigenvalue weighted by molar-refractivity contribution is 0.0754. The number of rotatable bonds is 4. The summed E-state index contributed by atoms with van der Waals surface area (Å²) in [5.41, 5.74) is 0.612. The molecule has 0 aliphatic carbocycles. The van der Waals surface area contributed by atoms with Crippen LogP contribution >= 0.6 is 0 Å². The summed E-state index contributed by atoms with van der Waals surface area (Å²) in [6.45, 7) is 4.20. The molecule has 2 aliphatic rings. The van der Waals surface area contributed by atoms with Crippen molar-refractivity contribution in [1.29, 1.82) is 0 Å². The number of aliphatic hydroxyl groups is 1. The van der Waals surface area contributed by atoms with Crippen LogP contribution in [0.3, 0.4) is 0 Å². The van der Waals surface area contributed by atoms with Gasteiger partial charge < -0.3 is 19.6 Å². The maximum atomic E-state index is 12.8. The van der Waals surface area contributed by atoms with E-state index in [9.17, 15) is 9.90 Å². The molecular formula is C20H25N5O3. The van der Waals surface area contributed by atoms with E-state index in [-0.39, 0.29) is 11.9 Å². The molecule has 2 saturated heterocycles. The van der Waals surface area contributed by atoms with Crippen LogP contribution in [-0.2, 0) is 0 Å². The molecule has 0 bridgehead atoms. The average Bonchev–Trinajstić information content (AvgIpc) is 3.15. The Morgan fingerprint density at radius 2 is 1.86 bits per heavy atom. The van der Waals surface area contributed by atoms with Crippen molar-refractivity contribution in [3.63, 3.8) is 0 Å². The van der Waals surface area contributed by atoms with Crippen molar-refractivity contribution in [1.82, 2.24) is 19.8 Å². The highest BCUT2D eigenvalue weighted by atomic mass is 16.5. The predicted octanol–water partition coefficient (Wildman–Crippen LogP) is 0.493. The Balaban J connectivity index is 1.36. The highest BCUT2D eigenvalue weighted by molar-refractivity contribution is 5.94. The van der Waals surface area contributed by atoms with Crippen molar-refractivity contribution < 1.29 is 14.6 Å². The van der Waals surface area contributed by atoms with Crippen molar-refractivity contribution in [3.05, 3.63) is 48.4 Å². The first-order valence-corrected chi connectivity index (χ1v) is 9.52. The van der Waals surface area contributed by atoms with E-state index in [1.807, 2.05) is 0 Å². The summed E-state index contributed by atoms with van der Waals surface area (Å²) < 4.78 is 5.14. The summed E-state index contributed by atoms with van der Waals surface area (Å²) in [5.74, 6) is 1.55. The summed E-state index contributed by atoms with van der Waals surface area (Å²) in [4.78, 5) is 27.5. The van der Waals surface area contributed by atoms with Gasteiger partial charge in [-0.2, -0.15) is 0 Å². The maximum Gasteiger partial charge on any atom is 0.254 e. The van der Waals surface area contributed by atoms with Crippen molar-refractivity contribution >= 4 is 11.7 Å². The van der Waals surface area contributed by atoms with E-state index in [1.165, 1.54) is 0 Å². The smallest absolute Gasteiger partial charge is 0.254 e. The third-order valence-corrected chi connectivity index (χ3v) is 5.54. The fraction of sp³-hybridized carbons (Fsp3) is 0.450. The second-order valence-electron chi connectivity index (χ2n) is 7.16. The monoisotopic (exact) mass is 383 g/mol. The minimum atomic E-state index is -0.537. The molecule has 2 fully saturated rings. The van der Waals surface area contributed by atoms with Crippen LogP contribution in [0.15, 0.2) is 42.9 Å². The van der Waals surface area contributed by atoms with Crippen molar-refractivity contribution in [2.75, 3.05) is 51.3 Å². The Hall–Kier alpha value is -2.71. The number of piperazine rings is 1. The number of amides is 1. The average molecular weight is 383 g/mol. The fourth-order valence-corrected chi connectivity index (χ4v) is 3.95. The summed E-state index contributed by atoms with van der Waals surface area (Å²) in [5, 5.41) is 10.6. The zero-order chi connectivity index (χ0) is 19.5. The van der Waals surface area contributed by atoms with Gasteiger partial charge in [-0.25, -0.2) is 4.98 Å². The molecule has 0 radical (unpaired) electrons. The molecule has 148 valence electrons. The molecule has 1 amide bonds. The number of hydrogen-bond donors (Lipinski definition) is 1. The SMILES string of the molecule is COc1ccc(C(=O)N2C[C@H](O)[C@@H](N3CCN(c4cnccn4)CC3)C2)cc1. The Labute approximate surface area is 164 Å². The number of β-amino-alcohol motifs (C(OH)–C–C–N with tert-alkyl or cyclic N) is 1. The van der Waals surface area contributed by atoms with Gasteiger partial charge in [0.25, 0.3) is 5.91 Å². The minimum Gasteiger partial charge on any atom is -0.497 e. The highest BCUT2D eigenvalue weighted by Crippen LogP contribution is 2.22. The number of carbonyl (C=O) groups excluding carboxylic acids is 1. The minimum absolute atomic E-state index is 0.0359. The first-order chi connectivity index (χ1) is 13.7. The summed E-state index contributed by atoms with van der Waals surface area (Å²) >= 11 is 0. The van der Waals surface area contributed by atoms with E-state index in [1.54, 1.807) is 54.9 Å². The molecular weight excluding hydrogens is 358 g/mol. The number of carbonyl (C=O) groups is 1. The number of aliphatic hydroxyl groups excluding tert-OH is 1. The molecule has 2 atom stereocenters. The topological polar surface area (TPSA) is 82.0 Å². The van der Waals surface area contributed by atoms with Crippen LogP contribution in [0.25, 0.3) is 0 Å². The van der Waals surface area contributed by atoms with Crippen LogP contribution in [0.1, 0.15) is 10.4 Å². The first kappa shape index (κ1) is 18.6. The summed E-state index contributed by atoms with van der Waals surface area (Å²) in [6.07, 6.45) is 4.61. The Morgan fingerprint density at radius 3 is 2.50 bits per heavy atom. The van der Waals surface area contributed by atoms with Gasteiger partial charge in [-0.05, 0) is 24.3 Å². The van der Waals surface area contributed by atoms with E-state index < -0.39 is 6.10 Å². The molecule has 3 heterocycles. The second kappa shape index (κ2) is 8.12. The summed E-state index contributed by atoms with van der Waals surface area (Å²) in [6, 6.07) is 7.05. The number of anilines is 1. The predicted molar refractivity (Wildman–Crippen MR) is 105 cm³/mol. The number of ether oxygens (including phenoxy) is 1. The molecule has 0 saturated carbocycles. The van der Waals surface area contributed by atoms with Crippen LogP contribution in [0.5, 0.6) is 5.75 Å². The zero-order valence-electron chi connectivity index (χ0n) is 15.9. The van der Waals surface area contributed by atoms with Crippen LogP contribution in [0.2, 0.25) is 0 Å². The Bertz CT molecular complexity index is 793. The molecule has 4 rings (SSSR count). The molecule has 1 N–H and O–H groups in total. The molecule has 2 aromatic rings. The highest BCUT2D eigenvalue weighted by Gasteiger charge is 2.39. The van der Waals surface area contributed by atoms with Crippen molar-refractivity contribution in [2.24, 2.45) is 0 Å². The number of likely N-dealkylation sites (tertiary alicyclic amines) is 1. The molecule has 1 aromatic heterocycles. The number of benzene rings is 1. The van der Waals surface area contributed by atoms with E-state index >= 15 is 0 Å². The molecule has 2 aliphatic heterocycles. The van der Waals surface area contributed by atoms with Gasteiger partial charge >= 0.3 is 0 Å². The van der Waals surface area contributed by atoms with Gasteiger partial charge in [-0.1, -0.05) is 0 Å². The molecule has 28 heavy (non-hydrogen) atoms. The van der Waals surface area contributed by atoms with E-state index in [2.05, 4.69) is 19.8 Å². The number of hydrogen-bond acceptors (Lipinski definition) is 7. The Kier molecular flexibility index (Phi) is 5.40. The van der Waals surface area contributed by atoms with Gasteiger partial charge in [0.15, 0.2) is 0 Å². The van der Waals surface area contributed by atoms with Gasteiger partial charge in [-0.15, -0.1) is 0 Å². The third kappa shape index (κ3) is 3.79. The number of aromatic nitrogens is 2. The van der Waals surface area contributed by atoms with Crippen LogP contribution in [0.4, 0.5) is 5.82 Å². The van der Waals surface area contributed by atoms with Gasteiger partial charge in [-0.3, -0.25) is 14.7 Å². The van der Waals surface area contributed by atoms with E-state index in [0.717, 1.165) is 37.7 Å². The zero-order valence-corrected chi connectivity index (χ0v) is 15.9. The Morgan fingerprint density at radius 1 is 1.11 bits per heavy atom. The molecule has 8 nitrogen and oxygen atoms in total. The lowest BCUT2D eigenvalue weighted by atomic mass is 10.1. The van der Waals surface area contributed by atoms with Gasteiger partial charge in [0.05, 0.1) is 25.5 Å². The quantitative estimate of drug-likeness (QED) is 0.823. The number of nitrogens with zero attached hydrogens (tertiary/aromatic N) is 5. The first-order valence-electron chi connectivity index (χ1n) is 9.52. The van der Waals surface area contributed by atoms with Crippen LogP contribution in [0, 0.1) is 0 Å². The lowest BCUT2D eigenvalue weighted by Crippen LogP contribution is -2.54. The number of methoxy groups -OCH3 is 1. The standard InChI is InChI=1S/C20H25N5O3/c1-28-16-4-2-15(3-5-16)20(27)25-13-17(18(26)14-25)23-8-10-24(11-9-23)19-12-21-6-7-22-19/h2-7,12,17-18,26H,8-11,13-14H2,1H3/t17-,18-/m0/s1. The normalized spacial score (nSPS) is 23.1. The molecule has 8 heteroatoms.